The van der Waals surface area contributed by atoms with E-state index in [-0.39, 0.29) is 38.9 Å². The zero-order chi connectivity index (χ0) is 98.1. The number of aromatic nitrogens is 8. The van der Waals surface area contributed by atoms with Gasteiger partial charge in [-0.15, -0.1) is 90.7 Å². The lowest BCUT2D eigenvalue weighted by molar-refractivity contribution is -0.145. The van der Waals surface area contributed by atoms with Crippen molar-refractivity contribution < 1.29 is 68.9 Å². The maximum Gasteiger partial charge on any atom is 0.469 e. The Hall–Kier alpha value is -9.74. The molecule has 30 nitrogen and oxygen atoms in total. The van der Waals surface area contributed by atoms with E-state index in [0.717, 1.165) is 213 Å². The summed E-state index contributed by atoms with van der Waals surface area (Å²) in [5.74, 6) is 4.85. The Kier molecular flexibility index (Phi) is 38.8. The number of carbonyl (C=O) groups excluding carboxylic acids is 1. The highest BCUT2D eigenvalue weighted by atomic mass is 32.2. The summed E-state index contributed by atoms with van der Waals surface area (Å²) in [6.07, 6.45) is 14.5. The third kappa shape index (κ3) is 27.8. The zero-order valence-corrected chi connectivity index (χ0v) is 87.9. The zero-order valence-electron chi connectivity index (χ0n) is 77.3. The number of phosphoric ester groups is 1. The molecule has 4 atom stereocenters. The Morgan fingerprint density at radius 2 is 0.719 bits per heavy atom. The minimum Gasteiger partial charge on any atom is -0.492 e. The van der Waals surface area contributed by atoms with E-state index in [9.17, 15) is 26.2 Å². The predicted octanol–water partition coefficient (Wildman–Crippen LogP) is 20.3. The molecule has 0 radical (unpaired) electrons. The Labute approximate surface area is 847 Å². The van der Waals surface area contributed by atoms with Gasteiger partial charge < -0.3 is 66.9 Å². The molecule has 1 aliphatic heterocycles. The molecule has 139 heavy (non-hydrogen) atoms. The number of nitrogen functional groups attached to an aromatic ring is 4. The molecule has 12 aromatic heterocycles. The number of esters is 1. The summed E-state index contributed by atoms with van der Waals surface area (Å²) < 4.78 is 103. The fourth-order valence-corrected chi connectivity index (χ4v) is 28.3. The summed E-state index contributed by atoms with van der Waals surface area (Å²) in [7, 11) is -5.54. The lowest BCUT2D eigenvalue weighted by Crippen LogP contribution is -2.38. The topological polar surface area (TPSA) is 447 Å². The first-order valence-corrected chi connectivity index (χ1v) is 58.5. The van der Waals surface area contributed by atoms with Crippen LogP contribution in [0.4, 0.5) is 22.7 Å². The number of benzene rings is 4. The van der Waals surface area contributed by atoms with Crippen LogP contribution >= 0.6 is 98.5 Å². The lowest BCUT2D eigenvalue weighted by atomic mass is 10.0. The molecule has 1 saturated heterocycles. The molecule has 13 heterocycles. The molecule has 4 unspecified atom stereocenters. The van der Waals surface area contributed by atoms with Gasteiger partial charge in [0.25, 0.3) is 0 Å². The average molecular weight is 2130 g/mol. The standard InChI is InChI=1S/C26H30N4O4S3.C26H30N4O3S3.C22H24N4O2S3.C22H24N3O6PS3/c1-4-5-14-37(32)26-23(27)22-19(15-20(29-25(22)36-26)24-28-10-13-35-24)17-6-8-18(9-7-17)33-11-12-34-21(31)16-30(2)3;1-2-3-16-36(31)26-23(27)22-20(17-21(29-25(22)35-26)24-28-8-15-34-24)18-4-6-19(7-5-18)33-14-11-30-9-12-32-13-10-30;1-2-3-12-31(27)22-19(24)18-16(14-4-6-15(7-5-14)28-10-8-23)13-17(26-21(18)30-22)20-25-9-11-29-20;1-2-3-12-35(29)22-19(23)18-16(13-17(25-21(18)34-22)20-24-8-11-33-20)14-4-6-15(7-5-14)30-9-10-31-32(26,27)28/h6-10,13,15H,4-5,11-12,14,16,27H2,1-3H3;4-8,15,17H,2-3,9-14,16,27H2,1H3;4-7,9,11,13H,2-3,8,10,12,23-24H2,1H3;4-8,11,13H,2-3,9-10,12,23H2,1H3,(H2,26,27,28). The number of anilines is 4. The molecule has 0 spiro atoms. The number of ether oxygens (including phenoxy) is 6. The van der Waals surface area contributed by atoms with Gasteiger partial charge >= 0.3 is 13.8 Å². The molecule has 17 rings (SSSR count). The number of rotatable bonds is 42. The molecule has 0 aliphatic carbocycles. The van der Waals surface area contributed by atoms with Crippen LogP contribution in [0.5, 0.6) is 23.0 Å². The normalized spacial score (nSPS) is 13.2. The van der Waals surface area contributed by atoms with E-state index in [1.165, 1.54) is 79.4 Å². The average Bonchev–Trinajstić information content (AvgIpc) is 1.63. The number of unbranched alkanes of at least 4 members (excludes halogenated alkanes) is 4. The van der Waals surface area contributed by atoms with E-state index in [2.05, 4.69) is 69.2 Å². The highest BCUT2D eigenvalue weighted by molar-refractivity contribution is 7.88. The van der Waals surface area contributed by atoms with Crippen molar-refractivity contribution in [1.29, 1.82) is 0 Å². The van der Waals surface area contributed by atoms with Crippen LogP contribution in [0.1, 0.15) is 79.1 Å². The Balaban J connectivity index is 0.000000148. The first-order chi connectivity index (χ1) is 67.4. The fourth-order valence-electron chi connectivity index (χ4n) is 14.5. The molecule has 4 aromatic carbocycles. The minimum absolute atomic E-state index is 0.0113. The van der Waals surface area contributed by atoms with Crippen molar-refractivity contribution in [2.75, 3.05) is 146 Å². The minimum atomic E-state index is -4.52. The fraction of sp³-hybridized carbons (Fsp3) is 0.323. The largest absolute Gasteiger partial charge is 0.492 e. The van der Waals surface area contributed by atoms with Crippen LogP contribution in [0, 0.1) is 0 Å². The van der Waals surface area contributed by atoms with Gasteiger partial charge in [0.15, 0.2) is 0 Å². The van der Waals surface area contributed by atoms with Gasteiger partial charge in [-0.05, 0) is 157 Å². The number of likely N-dealkylation sites (N-methyl/N-ethyl adjacent to an activating group) is 1. The van der Waals surface area contributed by atoms with Gasteiger partial charge in [0.2, 0.25) is 0 Å². The highest BCUT2D eigenvalue weighted by Gasteiger charge is 2.28. The van der Waals surface area contributed by atoms with Crippen molar-refractivity contribution in [3.63, 3.8) is 0 Å². The highest BCUT2D eigenvalue weighted by Crippen LogP contribution is 2.49. The summed E-state index contributed by atoms with van der Waals surface area (Å²) >= 11 is 11.7. The molecule has 16 aromatic rings. The van der Waals surface area contributed by atoms with E-state index >= 15 is 0 Å². The number of thiophene rings is 4. The maximum atomic E-state index is 13.0. The number of fused-ring (bicyclic) bond motifs is 4. The predicted molar refractivity (Wildman–Crippen MR) is 573 cm³/mol. The van der Waals surface area contributed by atoms with Crippen molar-refractivity contribution in [2.45, 2.75) is 95.9 Å². The summed E-state index contributed by atoms with van der Waals surface area (Å²) in [4.78, 5) is 73.3. The van der Waals surface area contributed by atoms with Crippen molar-refractivity contribution in [2.24, 2.45) is 5.73 Å². The van der Waals surface area contributed by atoms with Crippen LogP contribution < -0.4 is 47.6 Å². The number of hydrogen-bond donors (Lipinski definition) is 7. The van der Waals surface area contributed by atoms with Crippen molar-refractivity contribution in [3.05, 3.63) is 168 Å². The van der Waals surface area contributed by atoms with Crippen molar-refractivity contribution in [3.8, 4) is 110 Å². The quantitative estimate of drug-likeness (QED) is 0.0106. The van der Waals surface area contributed by atoms with Crippen molar-refractivity contribution >= 4 is 211 Å². The van der Waals surface area contributed by atoms with Gasteiger partial charge in [0.1, 0.15) is 135 Å². The molecule has 12 N–H and O–H groups in total. The van der Waals surface area contributed by atoms with Crippen LogP contribution in [0.15, 0.2) is 184 Å². The monoisotopic (exact) mass is 2130 g/mol. The van der Waals surface area contributed by atoms with Gasteiger partial charge in [0, 0.05) is 117 Å². The van der Waals surface area contributed by atoms with Gasteiger partial charge in [-0.1, -0.05) is 102 Å². The molecule has 0 bridgehead atoms. The number of morpholine rings is 1. The summed E-state index contributed by atoms with van der Waals surface area (Å²) in [6, 6.07) is 38.8. The molecule has 734 valence electrons. The SMILES string of the molecule is CCCCS(=O)c1sc2nc(-c3nccs3)cc(-c3ccc(OCCN)cc3)c2c1N.CCCCS(=O)c1sc2nc(-c3nccs3)cc(-c3ccc(OCCN4CCOCC4)cc3)c2c1N.CCCCS(=O)c1sc2nc(-c3nccs3)cc(-c3ccc(OCCOC(=O)CN(C)C)cc3)c2c1N.CCCCS(=O)c1sc2nc(-c3nccs3)cc(-c3ccc(OCCOP(=O)(O)O)cc3)c2c1N. The van der Waals surface area contributed by atoms with Crippen LogP contribution in [0.2, 0.25) is 0 Å². The maximum absolute atomic E-state index is 13.0. The van der Waals surface area contributed by atoms with Gasteiger partial charge in [-0.2, -0.15) is 0 Å². The summed E-state index contributed by atoms with van der Waals surface area (Å²) in [5.41, 5.74) is 44.5. The second-order valence-electron chi connectivity index (χ2n) is 31.6. The second-order valence-corrected chi connectivity index (χ2v) is 47.5. The third-order valence-corrected chi connectivity index (χ3v) is 37.0. The van der Waals surface area contributed by atoms with Gasteiger partial charge in [0.05, 0.1) is 92.3 Å². The number of nitrogens with zero attached hydrogens (tertiary/aromatic N) is 10. The van der Waals surface area contributed by atoms with Crippen LogP contribution in [-0.2, 0) is 66.6 Å². The summed E-state index contributed by atoms with van der Waals surface area (Å²) in [5, 5.41) is 14.2. The molecule has 0 saturated carbocycles. The number of phosphoric acid groups is 1. The second kappa shape index (κ2) is 51.3. The van der Waals surface area contributed by atoms with E-state index in [4.69, 9.17) is 86.8 Å². The smallest absolute Gasteiger partial charge is 0.469 e. The first-order valence-electron chi connectivity index (χ1n) is 44.9. The first kappa shape index (κ1) is 105. The van der Waals surface area contributed by atoms with Gasteiger partial charge in [-0.25, -0.2) is 44.4 Å². The Morgan fingerprint density at radius 3 is 0.986 bits per heavy atom. The number of hydrogen-bond acceptors (Lipinski definition) is 36. The van der Waals surface area contributed by atoms with Crippen LogP contribution in [0.3, 0.4) is 0 Å². The molecule has 43 heteroatoms. The van der Waals surface area contributed by atoms with E-state index in [1.54, 1.807) is 53.2 Å². The van der Waals surface area contributed by atoms with E-state index in [1.807, 2.05) is 133 Å². The molecular weight excluding hydrogens is 2020 g/mol. The Morgan fingerprint density at radius 1 is 0.432 bits per heavy atom. The van der Waals surface area contributed by atoms with Crippen LogP contribution in [-0.4, -0.2) is 205 Å². The van der Waals surface area contributed by atoms with Crippen molar-refractivity contribution in [1.82, 2.24) is 49.7 Å². The number of pyridine rings is 4. The number of carbonyl (C=O) groups is 1. The Bertz CT molecular complexity index is 6880. The molecule has 1 fully saturated rings. The number of thiazole rings is 4. The lowest BCUT2D eigenvalue weighted by Gasteiger charge is -2.26. The third-order valence-electron chi connectivity index (χ3n) is 21.3. The molecule has 0 amide bonds. The van der Waals surface area contributed by atoms with Crippen LogP contribution in [0.25, 0.3) is 128 Å². The van der Waals surface area contributed by atoms with E-state index in [0.29, 0.717) is 104 Å². The summed E-state index contributed by atoms with van der Waals surface area (Å²) in [6.45, 7) is 14.7. The van der Waals surface area contributed by atoms with Gasteiger partial charge in [-0.3, -0.25) is 36.0 Å². The van der Waals surface area contributed by atoms with E-state index < -0.39 is 51.0 Å². The molecular formula is C96H108N15O15PS12. The molecule has 1 aliphatic rings. The number of nitrogens with two attached hydrogens (primary N) is 5.